The number of hydrogen-bond donors (Lipinski definition) is 1. The standard InChI is InChI=1S/C13H17Cl2NS/c1-2-16-13(12-4-3-7-17-12)10-8-9(14)5-6-11(10)15/h5-6,8,12-13,16H,2-4,7H2,1H3. The number of nitrogens with one attached hydrogen (secondary N) is 1. The highest BCUT2D eigenvalue weighted by Gasteiger charge is 2.27. The van der Waals surface area contributed by atoms with E-state index in [4.69, 9.17) is 23.2 Å². The van der Waals surface area contributed by atoms with Crippen LogP contribution in [0.25, 0.3) is 0 Å². The molecule has 2 unspecified atom stereocenters. The van der Waals surface area contributed by atoms with Crippen LogP contribution < -0.4 is 5.32 Å². The Morgan fingerprint density at radius 3 is 2.94 bits per heavy atom. The van der Waals surface area contributed by atoms with E-state index >= 15 is 0 Å². The van der Waals surface area contributed by atoms with Gasteiger partial charge in [-0.25, -0.2) is 0 Å². The van der Waals surface area contributed by atoms with Crippen molar-refractivity contribution in [1.29, 1.82) is 0 Å². The van der Waals surface area contributed by atoms with E-state index in [2.05, 4.69) is 12.2 Å². The van der Waals surface area contributed by atoms with Crippen LogP contribution >= 0.6 is 35.0 Å². The lowest BCUT2D eigenvalue weighted by Gasteiger charge is -2.25. The van der Waals surface area contributed by atoms with Gasteiger partial charge in [0.1, 0.15) is 0 Å². The average Bonchev–Trinajstić information content (AvgIpc) is 2.83. The largest absolute Gasteiger partial charge is 0.309 e. The zero-order chi connectivity index (χ0) is 12.3. The van der Waals surface area contributed by atoms with Crippen molar-refractivity contribution in [3.05, 3.63) is 33.8 Å². The molecule has 0 aromatic heterocycles. The molecule has 1 N–H and O–H groups in total. The zero-order valence-electron chi connectivity index (χ0n) is 9.88. The third-order valence-electron chi connectivity index (χ3n) is 3.05. The first-order chi connectivity index (χ1) is 8.22. The maximum atomic E-state index is 6.30. The summed E-state index contributed by atoms with van der Waals surface area (Å²) in [6.07, 6.45) is 2.56. The van der Waals surface area contributed by atoms with Gasteiger partial charge in [0, 0.05) is 21.3 Å². The maximum absolute atomic E-state index is 6.30. The second-order valence-corrected chi connectivity index (χ2v) is 6.44. The summed E-state index contributed by atoms with van der Waals surface area (Å²) in [6, 6.07) is 6.05. The molecule has 1 nitrogen and oxygen atoms in total. The number of thioether (sulfide) groups is 1. The van der Waals surface area contributed by atoms with Crippen LogP contribution in [0.2, 0.25) is 10.0 Å². The van der Waals surface area contributed by atoms with E-state index in [0.29, 0.717) is 11.3 Å². The van der Waals surface area contributed by atoms with Gasteiger partial charge in [-0.05, 0) is 48.9 Å². The molecule has 0 amide bonds. The molecular formula is C13H17Cl2NS. The Morgan fingerprint density at radius 2 is 2.29 bits per heavy atom. The summed E-state index contributed by atoms with van der Waals surface area (Å²) in [5.41, 5.74) is 1.14. The van der Waals surface area contributed by atoms with Crippen LogP contribution in [0.15, 0.2) is 18.2 Å². The molecule has 1 aliphatic heterocycles. The van der Waals surface area contributed by atoms with Gasteiger partial charge in [0.25, 0.3) is 0 Å². The Bertz CT molecular complexity index is 378. The SMILES string of the molecule is CCNC(c1cc(Cl)ccc1Cl)C1CCCS1. The summed E-state index contributed by atoms with van der Waals surface area (Å²) < 4.78 is 0. The molecule has 1 saturated heterocycles. The first-order valence-electron chi connectivity index (χ1n) is 6.02. The van der Waals surface area contributed by atoms with Gasteiger partial charge in [-0.15, -0.1) is 0 Å². The molecular weight excluding hydrogens is 273 g/mol. The third kappa shape index (κ3) is 3.31. The van der Waals surface area contributed by atoms with Gasteiger partial charge in [-0.1, -0.05) is 30.1 Å². The lowest BCUT2D eigenvalue weighted by Crippen LogP contribution is -2.29. The van der Waals surface area contributed by atoms with Gasteiger partial charge in [-0.2, -0.15) is 11.8 Å². The molecule has 0 radical (unpaired) electrons. The molecule has 0 spiro atoms. The maximum Gasteiger partial charge on any atom is 0.0455 e. The molecule has 4 heteroatoms. The van der Waals surface area contributed by atoms with Crippen LogP contribution in [0.5, 0.6) is 0 Å². The average molecular weight is 290 g/mol. The zero-order valence-corrected chi connectivity index (χ0v) is 12.2. The second-order valence-electron chi connectivity index (χ2n) is 4.25. The molecule has 1 aromatic carbocycles. The summed E-state index contributed by atoms with van der Waals surface area (Å²) in [6.45, 7) is 3.08. The van der Waals surface area contributed by atoms with Gasteiger partial charge >= 0.3 is 0 Å². The quantitative estimate of drug-likeness (QED) is 0.873. The molecule has 0 bridgehead atoms. The fourth-order valence-electron chi connectivity index (χ4n) is 2.28. The fraction of sp³-hybridized carbons (Fsp3) is 0.538. The summed E-state index contributed by atoms with van der Waals surface area (Å²) in [5, 5.41) is 5.73. The fourth-order valence-corrected chi connectivity index (χ4v) is 4.10. The molecule has 1 heterocycles. The highest BCUT2D eigenvalue weighted by atomic mass is 35.5. The Balaban J connectivity index is 2.27. The van der Waals surface area contributed by atoms with Crippen molar-refractivity contribution in [3.63, 3.8) is 0 Å². The molecule has 0 aliphatic carbocycles. The van der Waals surface area contributed by atoms with Crippen molar-refractivity contribution >= 4 is 35.0 Å². The number of rotatable bonds is 4. The van der Waals surface area contributed by atoms with Crippen LogP contribution in [-0.2, 0) is 0 Å². The summed E-state index contributed by atoms with van der Waals surface area (Å²) in [5.74, 6) is 1.25. The van der Waals surface area contributed by atoms with E-state index in [1.165, 1.54) is 18.6 Å². The number of halogens is 2. The van der Waals surface area contributed by atoms with E-state index in [1.54, 1.807) is 0 Å². The minimum Gasteiger partial charge on any atom is -0.309 e. The Kier molecular flexibility index (Phi) is 5.04. The van der Waals surface area contributed by atoms with E-state index in [-0.39, 0.29) is 0 Å². The smallest absolute Gasteiger partial charge is 0.0455 e. The molecule has 1 aromatic rings. The van der Waals surface area contributed by atoms with Gasteiger partial charge < -0.3 is 5.32 Å². The topological polar surface area (TPSA) is 12.0 Å². The van der Waals surface area contributed by atoms with Crippen molar-refractivity contribution in [3.8, 4) is 0 Å². The molecule has 17 heavy (non-hydrogen) atoms. The van der Waals surface area contributed by atoms with Crippen LogP contribution in [0.1, 0.15) is 31.4 Å². The Hall–Kier alpha value is 0.110. The molecule has 94 valence electrons. The normalized spacial score (nSPS) is 21.7. The van der Waals surface area contributed by atoms with Crippen molar-refractivity contribution in [2.75, 3.05) is 12.3 Å². The second kappa shape index (κ2) is 6.33. The van der Waals surface area contributed by atoms with Gasteiger partial charge in [0.2, 0.25) is 0 Å². The van der Waals surface area contributed by atoms with Gasteiger partial charge in [0.15, 0.2) is 0 Å². The van der Waals surface area contributed by atoms with Crippen LogP contribution in [0.4, 0.5) is 0 Å². The highest BCUT2D eigenvalue weighted by molar-refractivity contribution is 8.00. The Labute approximate surface area is 117 Å². The van der Waals surface area contributed by atoms with Crippen molar-refractivity contribution in [2.45, 2.75) is 31.1 Å². The number of hydrogen-bond acceptors (Lipinski definition) is 2. The predicted molar refractivity (Wildman–Crippen MR) is 78.4 cm³/mol. The Morgan fingerprint density at radius 1 is 1.47 bits per heavy atom. The first kappa shape index (κ1) is 13.5. The van der Waals surface area contributed by atoms with Gasteiger partial charge in [0.05, 0.1) is 0 Å². The molecule has 2 atom stereocenters. The third-order valence-corrected chi connectivity index (χ3v) is 5.09. The molecule has 1 fully saturated rings. The van der Waals surface area contributed by atoms with Crippen LogP contribution in [-0.4, -0.2) is 17.5 Å². The first-order valence-corrected chi connectivity index (χ1v) is 7.82. The summed E-state index contributed by atoms with van der Waals surface area (Å²) >= 11 is 14.4. The number of benzene rings is 1. The van der Waals surface area contributed by atoms with Crippen LogP contribution in [0, 0.1) is 0 Å². The van der Waals surface area contributed by atoms with Gasteiger partial charge in [-0.3, -0.25) is 0 Å². The van der Waals surface area contributed by atoms with Crippen molar-refractivity contribution < 1.29 is 0 Å². The van der Waals surface area contributed by atoms with Crippen molar-refractivity contribution in [2.24, 2.45) is 0 Å². The van der Waals surface area contributed by atoms with Crippen molar-refractivity contribution in [1.82, 2.24) is 5.32 Å². The molecule has 0 saturated carbocycles. The lowest BCUT2D eigenvalue weighted by molar-refractivity contribution is 0.519. The van der Waals surface area contributed by atoms with Crippen LogP contribution in [0.3, 0.4) is 0 Å². The van der Waals surface area contributed by atoms with E-state index in [1.807, 2.05) is 30.0 Å². The summed E-state index contributed by atoms with van der Waals surface area (Å²) in [4.78, 5) is 0. The lowest BCUT2D eigenvalue weighted by atomic mass is 10.0. The molecule has 1 aliphatic rings. The highest BCUT2D eigenvalue weighted by Crippen LogP contribution is 2.38. The van der Waals surface area contributed by atoms with E-state index in [0.717, 1.165) is 22.2 Å². The van der Waals surface area contributed by atoms with E-state index in [9.17, 15) is 0 Å². The summed E-state index contributed by atoms with van der Waals surface area (Å²) in [7, 11) is 0. The minimum absolute atomic E-state index is 0.318. The monoisotopic (exact) mass is 289 g/mol. The molecule has 2 rings (SSSR count). The predicted octanol–water partition coefficient (Wildman–Crippen LogP) is 4.54. The van der Waals surface area contributed by atoms with E-state index < -0.39 is 0 Å². The minimum atomic E-state index is 0.318.